The first-order chi connectivity index (χ1) is 30.1. The quantitative estimate of drug-likeness (QED) is 0.0195. The molecule has 9 nitrogen and oxygen atoms in total. The molecule has 0 rings (SSSR count). The number of aliphatic carboxylic acids is 1. The summed E-state index contributed by atoms with van der Waals surface area (Å²) in [5.41, 5.74) is 0. The summed E-state index contributed by atoms with van der Waals surface area (Å²) in [5.74, 6) is -2.28. The highest BCUT2D eigenvalue weighted by molar-refractivity contribution is 5.70. The average Bonchev–Trinajstić information content (AvgIpc) is 3.23. The van der Waals surface area contributed by atoms with E-state index in [1.165, 1.54) is 167 Å². The van der Waals surface area contributed by atoms with Crippen LogP contribution in [0.2, 0.25) is 0 Å². The van der Waals surface area contributed by atoms with E-state index in [9.17, 15) is 19.5 Å². The van der Waals surface area contributed by atoms with Crippen LogP contribution in [0.5, 0.6) is 0 Å². The fourth-order valence-electron chi connectivity index (χ4n) is 7.65. The van der Waals surface area contributed by atoms with Gasteiger partial charge in [0.15, 0.2) is 12.4 Å². The van der Waals surface area contributed by atoms with E-state index in [-0.39, 0.29) is 32.2 Å². The fraction of sp³-hybridized carbons (Fsp3) is 0.906. The van der Waals surface area contributed by atoms with Gasteiger partial charge in [-0.3, -0.25) is 9.59 Å². The average molecular weight is 880 g/mol. The highest BCUT2D eigenvalue weighted by Crippen LogP contribution is 2.17. The zero-order chi connectivity index (χ0) is 45.6. The molecular weight excluding hydrogens is 779 g/mol. The number of likely N-dealkylation sites (N-methyl/N-ethyl adjacent to an activating group) is 1. The van der Waals surface area contributed by atoms with Gasteiger partial charge in [-0.05, 0) is 38.5 Å². The second-order valence-electron chi connectivity index (χ2n) is 19.2. The Morgan fingerprint density at radius 2 is 0.823 bits per heavy atom. The van der Waals surface area contributed by atoms with Gasteiger partial charge in [-0.1, -0.05) is 212 Å². The van der Waals surface area contributed by atoms with Gasteiger partial charge in [-0.25, -0.2) is 0 Å². The van der Waals surface area contributed by atoms with E-state index in [0.29, 0.717) is 23.9 Å². The van der Waals surface area contributed by atoms with Crippen molar-refractivity contribution >= 4 is 17.9 Å². The van der Waals surface area contributed by atoms with Crippen molar-refractivity contribution in [2.75, 3.05) is 47.5 Å². The maximum Gasteiger partial charge on any atom is 0.306 e. The molecule has 0 fully saturated rings. The van der Waals surface area contributed by atoms with Crippen molar-refractivity contribution in [2.45, 2.75) is 264 Å². The van der Waals surface area contributed by atoms with Crippen LogP contribution in [0.15, 0.2) is 12.2 Å². The second kappa shape index (κ2) is 45.6. The summed E-state index contributed by atoms with van der Waals surface area (Å²) in [6.07, 6.45) is 46.9. The number of carbonyl (C=O) groups is 3. The Bertz CT molecular complexity index is 1030. The van der Waals surface area contributed by atoms with Crippen molar-refractivity contribution in [1.29, 1.82) is 0 Å². The largest absolute Gasteiger partial charge is 0.545 e. The van der Waals surface area contributed by atoms with Gasteiger partial charge in [-0.2, -0.15) is 0 Å². The zero-order valence-corrected chi connectivity index (χ0v) is 41.5. The summed E-state index contributed by atoms with van der Waals surface area (Å²) in [5, 5.41) is 11.7. The third-order valence-corrected chi connectivity index (χ3v) is 11.8. The molecule has 2 unspecified atom stereocenters. The first kappa shape index (κ1) is 60.0. The number of hydrogen-bond donors (Lipinski definition) is 0. The summed E-state index contributed by atoms with van der Waals surface area (Å²) < 4.78 is 22.6. The molecule has 9 heteroatoms. The molecule has 0 N–H and O–H groups in total. The number of allylic oxidation sites excluding steroid dienone is 2. The molecule has 0 aromatic rings. The van der Waals surface area contributed by atoms with Gasteiger partial charge in [0.05, 0.1) is 40.3 Å². The van der Waals surface area contributed by atoms with Gasteiger partial charge >= 0.3 is 11.9 Å². The van der Waals surface area contributed by atoms with E-state index in [2.05, 4.69) is 26.0 Å². The zero-order valence-electron chi connectivity index (χ0n) is 41.5. The molecule has 0 aliphatic carbocycles. The van der Waals surface area contributed by atoms with Crippen LogP contribution in [0.25, 0.3) is 0 Å². The lowest BCUT2D eigenvalue weighted by Crippen LogP contribution is -2.44. The Hall–Kier alpha value is -1.97. The van der Waals surface area contributed by atoms with Gasteiger partial charge in [0, 0.05) is 12.8 Å². The lowest BCUT2D eigenvalue weighted by Gasteiger charge is -2.26. The number of nitrogens with zero attached hydrogens (tertiary/aromatic N) is 1. The molecule has 2 atom stereocenters. The van der Waals surface area contributed by atoms with E-state index in [0.717, 1.165) is 51.4 Å². The molecule has 0 spiro atoms. The maximum atomic E-state index is 12.8. The predicted octanol–water partition coefficient (Wildman–Crippen LogP) is 13.3. The Labute approximate surface area is 383 Å². The lowest BCUT2D eigenvalue weighted by atomic mass is 10.0. The summed E-state index contributed by atoms with van der Waals surface area (Å²) >= 11 is 0. The molecule has 0 radical (unpaired) electrons. The van der Waals surface area contributed by atoms with E-state index in [1.807, 2.05) is 21.1 Å². The van der Waals surface area contributed by atoms with Crippen LogP contribution >= 0.6 is 0 Å². The Balaban J connectivity index is 4.19. The highest BCUT2D eigenvalue weighted by Gasteiger charge is 2.22. The molecule has 0 aromatic heterocycles. The van der Waals surface area contributed by atoms with Gasteiger partial charge in [0.25, 0.3) is 0 Å². The SMILES string of the molecule is CCCCCC/C=C\CCCCCCCC(=O)OC(COC(=O)CCCCCCCCCCCCCCCCCCCCCCCCCC)COC(OCC[N+](C)(C)C)C(=O)[O-]. The third-order valence-electron chi connectivity index (χ3n) is 11.8. The molecule has 0 saturated carbocycles. The molecule has 0 saturated heterocycles. The van der Waals surface area contributed by atoms with E-state index >= 15 is 0 Å². The fourth-order valence-corrected chi connectivity index (χ4v) is 7.65. The molecule has 62 heavy (non-hydrogen) atoms. The van der Waals surface area contributed by atoms with Crippen molar-refractivity contribution in [3.63, 3.8) is 0 Å². The molecule has 0 aliphatic heterocycles. The van der Waals surface area contributed by atoms with Crippen LogP contribution < -0.4 is 5.11 Å². The number of esters is 2. The topological polar surface area (TPSA) is 111 Å². The van der Waals surface area contributed by atoms with Crippen molar-refractivity contribution in [3.05, 3.63) is 12.2 Å². The minimum Gasteiger partial charge on any atom is -0.545 e. The molecule has 366 valence electrons. The number of quaternary nitrogens is 1. The number of carbonyl (C=O) groups excluding carboxylic acids is 3. The van der Waals surface area contributed by atoms with Crippen molar-refractivity contribution in [3.8, 4) is 0 Å². The lowest BCUT2D eigenvalue weighted by molar-refractivity contribution is -0.870. The minimum absolute atomic E-state index is 0.149. The molecule has 0 amide bonds. The standard InChI is InChI=1S/C53H101NO8/c1-6-8-10-12-14-16-18-20-21-22-23-24-25-26-27-28-29-30-32-33-35-37-39-41-43-50(55)60-47-49(48-61-53(52(57)58)59-46-45-54(3,4)5)62-51(56)44-42-40-38-36-34-31-19-17-15-13-11-9-7-2/h17,19,49,53H,6-16,18,20-48H2,1-5H3/b19-17-. The molecule has 0 bridgehead atoms. The number of hydrogen-bond acceptors (Lipinski definition) is 8. The van der Waals surface area contributed by atoms with Crippen molar-refractivity contribution in [1.82, 2.24) is 0 Å². The first-order valence-corrected chi connectivity index (χ1v) is 26.3. The molecule has 0 heterocycles. The van der Waals surface area contributed by atoms with E-state index in [1.54, 1.807) is 0 Å². The van der Waals surface area contributed by atoms with Gasteiger partial charge in [-0.15, -0.1) is 0 Å². The Kier molecular flexibility index (Phi) is 44.1. The molecule has 0 aliphatic rings. The van der Waals surface area contributed by atoms with Gasteiger partial charge < -0.3 is 33.3 Å². The van der Waals surface area contributed by atoms with Crippen LogP contribution in [-0.2, 0) is 33.3 Å². The summed E-state index contributed by atoms with van der Waals surface area (Å²) in [6, 6.07) is 0. The summed E-state index contributed by atoms with van der Waals surface area (Å²) in [6.45, 7) is 4.75. The van der Waals surface area contributed by atoms with Crippen molar-refractivity contribution in [2.24, 2.45) is 0 Å². The van der Waals surface area contributed by atoms with Crippen LogP contribution in [0.3, 0.4) is 0 Å². The van der Waals surface area contributed by atoms with Crippen LogP contribution in [0.1, 0.15) is 251 Å². The normalized spacial score (nSPS) is 12.9. The number of unbranched alkanes of at least 4 members (excludes halogenated alkanes) is 32. The number of carboxylic acid groups (broad SMARTS) is 1. The second-order valence-corrected chi connectivity index (χ2v) is 19.2. The Morgan fingerprint density at radius 1 is 0.468 bits per heavy atom. The number of rotatable bonds is 49. The van der Waals surface area contributed by atoms with Gasteiger partial charge in [0.2, 0.25) is 0 Å². The van der Waals surface area contributed by atoms with E-state index < -0.39 is 24.3 Å². The van der Waals surface area contributed by atoms with Crippen LogP contribution in [-0.4, -0.2) is 82.3 Å². The number of carboxylic acids is 1. The predicted molar refractivity (Wildman–Crippen MR) is 256 cm³/mol. The smallest absolute Gasteiger partial charge is 0.306 e. The van der Waals surface area contributed by atoms with E-state index in [4.69, 9.17) is 18.9 Å². The number of ether oxygens (including phenoxy) is 4. The molecule has 0 aromatic carbocycles. The Morgan fingerprint density at radius 3 is 1.21 bits per heavy atom. The summed E-state index contributed by atoms with van der Waals surface area (Å²) in [7, 11) is 5.92. The van der Waals surface area contributed by atoms with Crippen LogP contribution in [0, 0.1) is 0 Å². The van der Waals surface area contributed by atoms with Crippen molar-refractivity contribution < 1.29 is 42.9 Å². The monoisotopic (exact) mass is 880 g/mol. The highest BCUT2D eigenvalue weighted by atomic mass is 16.7. The molecular formula is C53H101NO8. The van der Waals surface area contributed by atoms with Crippen LogP contribution in [0.4, 0.5) is 0 Å². The minimum atomic E-state index is -1.62. The first-order valence-electron chi connectivity index (χ1n) is 26.3. The maximum absolute atomic E-state index is 12.8. The van der Waals surface area contributed by atoms with Gasteiger partial charge in [0.1, 0.15) is 13.2 Å². The third kappa shape index (κ3) is 46.0. The summed E-state index contributed by atoms with van der Waals surface area (Å²) in [4.78, 5) is 37.1.